The van der Waals surface area contributed by atoms with E-state index in [1.165, 1.54) is 48.6 Å². The number of carbonyl (C=O) groups is 1. The molecule has 0 spiro atoms. The van der Waals surface area contributed by atoms with Crippen molar-refractivity contribution in [3.05, 3.63) is 75.1 Å². The van der Waals surface area contributed by atoms with E-state index in [2.05, 4.69) is 5.32 Å². The van der Waals surface area contributed by atoms with Crippen molar-refractivity contribution >= 4 is 35.0 Å². The summed E-state index contributed by atoms with van der Waals surface area (Å²) < 4.78 is 12.7. The molecule has 0 heterocycles. The SMILES string of the molecule is O=C(C=Cc1ccc(Cl)c([N+](=O)[O-])c1)Nc1ccc(F)cc1. The fourth-order valence-electron chi connectivity index (χ4n) is 1.66. The van der Waals surface area contributed by atoms with Crippen LogP contribution in [-0.4, -0.2) is 10.8 Å². The van der Waals surface area contributed by atoms with Gasteiger partial charge in [0.1, 0.15) is 10.8 Å². The molecule has 1 N–H and O–H groups in total. The van der Waals surface area contributed by atoms with Crippen molar-refractivity contribution in [1.82, 2.24) is 0 Å². The number of hydrogen-bond donors (Lipinski definition) is 1. The van der Waals surface area contributed by atoms with E-state index in [4.69, 9.17) is 11.6 Å². The Labute approximate surface area is 130 Å². The van der Waals surface area contributed by atoms with Gasteiger partial charge in [-0.25, -0.2) is 4.39 Å². The van der Waals surface area contributed by atoms with Gasteiger partial charge in [-0.3, -0.25) is 14.9 Å². The van der Waals surface area contributed by atoms with Crippen LogP contribution in [0.1, 0.15) is 5.56 Å². The van der Waals surface area contributed by atoms with Crippen LogP contribution in [0.2, 0.25) is 5.02 Å². The summed E-state index contributed by atoms with van der Waals surface area (Å²) in [5.41, 5.74) is 0.672. The Balaban J connectivity index is 2.08. The lowest BCUT2D eigenvalue weighted by molar-refractivity contribution is -0.384. The number of nitro benzene ring substituents is 1. The quantitative estimate of drug-likeness (QED) is 0.525. The molecule has 7 heteroatoms. The van der Waals surface area contributed by atoms with E-state index in [1.54, 1.807) is 6.07 Å². The van der Waals surface area contributed by atoms with Gasteiger partial charge in [0.15, 0.2) is 0 Å². The van der Waals surface area contributed by atoms with Crippen molar-refractivity contribution in [1.29, 1.82) is 0 Å². The Morgan fingerprint density at radius 1 is 1.23 bits per heavy atom. The van der Waals surface area contributed by atoms with E-state index in [9.17, 15) is 19.3 Å². The monoisotopic (exact) mass is 320 g/mol. The largest absolute Gasteiger partial charge is 0.323 e. The third kappa shape index (κ3) is 4.13. The number of anilines is 1. The molecule has 5 nitrogen and oxygen atoms in total. The van der Waals surface area contributed by atoms with E-state index in [1.807, 2.05) is 0 Å². The first-order valence-corrected chi connectivity index (χ1v) is 6.52. The molecule has 0 aromatic heterocycles. The van der Waals surface area contributed by atoms with Crippen molar-refractivity contribution in [2.45, 2.75) is 0 Å². The average molecular weight is 321 g/mol. The molecular weight excluding hydrogens is 311 g/mol. The van der Waals surface area contributed by atoms with Crippen LogP contribution < -0.4 is 5.32 Å². The Bertz CT molecular complexity index is 745. The number of nitrogens with zero attached hydrogens (tertiary/aromatic N) is 1. The molecule has 0 saturated heterocycles. The highest BCUT2D eigenvalue weighted by Crippen LogP contribution is 2.25. The maximum absolute atomic E-state index is 12.7. The predicted octanol–water partition coefficient (Wildman–Crippen LogP) is 4.04. The van der Waals surface area contributed by atoms with Crippen LogP contribution in [0, 0.1) is 15.9 Å². The smallest absolute Gasteiger partial charge is 0.288 e. The zero-order valence-electron chi connectivity index (χ0n) is 11.1. The molecule has 0 aliphatic carbocycles. The Morgan fingerprint density at radius 3 is 2.55 bits per heavy atom. The van der Waals surface area contributed by atoms with Crippen molar-refractivity contribution in [3.8, 4) is 0 Å². The molecule has 0 saturated carbocycles. The minimum atomic E-state index is -0.599. The summed E-state index contributed by atoms with van der Waals surface area (Å²) in [5, 5.41) is 13.3. The Kier molecular flexibility index (Phi) is 4.85. The van der Waals surface area contributed by atoms with Crippen LogP contribution in [-0.2, 0) is 4.79 Å². The summed E-state index contributed by atoms with van der Waals surface area (Å²) >= 11 is 5.70. The fourth-order valence-corrected chi connectivity index (χ4v) is 1.85. The first kappa shape index (κ1) is 15.7. The number of benzene rings is 2. The molecule has 0 radical (unpaired) electrons. The Morgan fingerprint density at radius 2 is 1.91 bits per heavy atom. The molecule has 0 fully saturated rings. The van der Waals surface area contributed by atoms with Gasteiger partial charge in [-0.05, 0) is 42.0 Å². The van der Waals surface area contributed by atoms with Gasteiger partial charge in [-0.2, -0.15) is 0 Å². The molecule has 0 bridgehead atoms. The second-order valence-corrected chi connectivity index (χ2v) is 4.70. The second-order valence-electron chi connectivity index (χ2n) is 4.30. The van der Waals surface area contributed by atoms with Gasteiger partial charge in [0, 0.05) is 17.8 Å². The number of rotatable bonds is 4. The number of nitro groups is 1. The zero-order chi connectivity index (χ0) is 16.1. The van der Waals surface area contributed by atoms with E-state index >= 15 is 0 Å². The number of nitrogens with one attached hydrogen (secondary N) is 1. The van der Waals surface area contributed by atoms with Crippen LogP contribution in [0.3, 0.4) is 0 Å². The van der Waals surface area contributed by atoms with Gasteiger partial charge in [-0.15, -0.1) is 0 Å². The first-order valence-electron chi connectivity index (χ1n) is 6.14. The van der Waals surface area contributed by atoms with Crippen molar-refractivity contribution in [2.24, 2.45) is 0 Å². The predicted molar refractivity (Wildman–Crippen MR) is 82.2 cm³/mol. The molecule has 2 rings (SSSR count). The lowest BCUT2D eigenvalue weighted by Crippen LogP contribution is -2.07. The highest BCUT2D eigenvalue weighted by atomic mass is 35.5. The van der Waals surface area contributed by atoms with Crippen molar-refractivity contribution < 1.29 is 14.1 Å². The zero-order valence-corrected chi connectivity index (χ0v) is 11.9. The van der Waals surface area contributed by atoms with Crippen LogP contribution in [0.25, 0.3) is 6.08 Å². The van der Waals surface area contributed by atoms with E-state index in [-0.39, 0.29) is 10.7 Å². The van der Waals surface area contributed by atoms with Gasteiger partial charge in [0.2, 0.25) is 5.91 Å². The molecule has 2 aromatic rings. The summed E-state index contributed by atoms with van der Waals surface area (Å²) in [6.07, 6.45) is 2.64. The maximum atomic E-state index is 12.7. The maximum Gasteiger partial charge on any atom is 0.288 e. The minimum Gasteiger partial charge on any atom is -0.323 e. The second kappa shape index (κ2) is 6.82. The lowest BCUT2D eigenvalue weighted by Gasteiger charge is -2.01. The summed E-state index contributed by atoms with van der Waals surface area (Å²) in [7, 11) is 0. The van der Waals surface area contributed by atoms with Gasteiger partial charge in [0.05, 0.1) is 4.92 Å². The standard InChI is InChI=1S/C15H10ClFN2O3/c16-13-7-1-10(9-14(13)19(21)22)2-8-15(20)18-12-5-3-11(17)4-6-12/h1-9H,(H,18,20). The summed E-state index contributed by atoms with van der Waals surface area (Å²) in [6.45, 7) is 0. The summed E-state index contributed by atoms with van der Waals surface area (Å²) in [6, 6.07) is 9.50. The molecule has 0 unspecified atom stereocenters. The van der Waals surface area contributed by atoms with E-state index in [0.717, 1.165) is 0 Å². The third-order valence-electron chi connectivity index (χ3n) is 2.71. The number of hydrogen-bond acceptors (Lipinski definition) is 3. The molecule has 2 aromatic carbocycles. The van der Waals surface area contributed by atoms with Crippen LogP contribution in [0.5, 0.6) is 0 Å². The van der Waals surface area contributed by atoms with Crippen LogP contribution in [0.15, 0.2) is 48.5 Å². The topological polar surface area (TPSA) is 72.2 Å². The third-order valence-corrected chi connectivity index (χ3v) is 3.03. The highest BCUT2D eigenvalue weighted by molar-refractivity contribution is 6.32. The van der Waals surface area contributed by atoms with Gasteiger partial charge in [0.25, 0.3) is 5.69 Å². The van der Waals surface area contributed by atoms with Gasteiger partial charge < -0.3 is 5.32 Å². The summed E-state index contributed by atoms with van der Waals surface area (Å²) in [4.78, 5) is 21.9. The molecule has 0 aliphatic heterocycles. The van der Waals surface area contributed by atoms with Crippen molar-refractivity contribution in [3.63, 3.8) is 0 Å². The minimum absolute atomic E-state index is 0.0258. The normalized spacial score (nSPS) is 10.6. The van der Waals surface area contributed by atoms with E-state index in [0.29, 0.717) is 11.3 Å². The molecule has 112 valence electrons. The molecule has 22 heavy (non-hydrogen) atoms. The van der Waals surface area contributed by atoms with Crippen LogP contribution in [0.4, 0.5) is 15.8 Å². The van der Waals surface area contributed by atoms with Crippen LogP contribution >= 0.6 is 11.6 Å². The summed E-state index contributed by atoms with van der Waals surface area (Å²) in [5.74, 6) is -0.841. The number of amides is 1. The highest BCUT2D eigenvalue weighted by Gasteiger charge is 2.11. The molecule has 0 atom stereocenters. The lowest BCUT2D eigenvalue weighted by atomic mass is 10.2. The number of carbonyl (C=O) groups excluding carboxylic acids is 1. The van der Waals surface area contributed by atoms with Gasteiger partial charge >= 0.3 is 0 Å². The average Bonchev–Trinajstić information content (AvgIpc) is 2.48. The van der Waals surface area contributed by atoms with E-state index < -0.39 is 16.6 Å². The molecule has 1 amide bonds. The molecule has 0 aliphatic rings. The Hall–Kier alpha value is -2.73. The number of halogens is 2. The first-order chi connectivity index (χ1) is 10.5. The fraction of sp³-hybridized carbons (Fsp3) is 0. The van der Waals surface area contributed by atoms with Crippen molar-refractivity contribution in [2.75, 3.05) is 5.32 Å². The van der Waals surface area contributed by atoms with Gasteiger partial charge in [-0.1, -0.05) is 17.7 Å². The molecular formula is C15H10ClFN2O3.